The minimum absolute atomic E-state index is 0.0219. The number of rotatable bonds is 12. The topological polar surface area (TPSA) is 141 Å². The van der Waals surface area contributed by atoms with Crippen molar-refractivity contribution in [2.24, 2.45) is 0 Å². The van der Waals surface area contributed by atoms with Gasteiger partial charge in [-0.1, -0.05) is 18.2 Å². The van der Waals surface area contributed by atoms with Gasteiger partial charge < -0.3 is 28.4 Å². The molecule has 0 aliphatic carbocycles. The van der Waals surface area contributed by atoms with Crippen LogP contribution in [0, 0.1) is 0 Å². The highest BCUT2D eigenvalue weighted by molar-refractivity contribution is 7.90. The number of carbonyl (C=O) groups is 2. The third-order valence-electron chi connectivity index (χ3n) is 6.26. The van der Waals surface area contributed by atoms with Gasteiger partial charge in [-0.2, -0.15) is 0 Å². The van der Waals surface area contributed by atoms with Crippen molar-refractivity contribution in [3.05, 3.63) is 83.4 Å². The molecule has 0 unspecified atom stereocenters. The van der Waals surface area contributed by atoms with Crippen LogP contribution in [-0.2, 0) is 10.0 Å². The van der Waals surface area contributed by atoms with Crippen LogP contribution in [0.15, 0.2) is 65.7 Å². The van der Waals surface area contributed by atoms with Crippen LogP contribution in [-0.4, -0.2) is 71.6 Å². The van der Waals surface area contributed by atoms with Crippen LogP contribution in [0.1, 0.15) is 32.2 Å². The first kappa shape index (κ1) is 29.9. The van der Waals surface area contributed by atoms with Crippen molar-refractivity contribution in [3.63, 3.8) is 0 Å². The van der Waals surface area contributed by atoms with Crippen molar-refractivity contribution in [3.8, 4) is 34.5 Å². The molecule has 0 atom stereocenters. The van der Waals surface area contributed by atoms with E-state index in [2.05, 4.69) is 4.98 Å². The Hall–Kier alpha value is -5.04. The summed E-state index contributed by atoms with van der Waals surface area (Å²) < 4.78 is 60.1. The molecule has 0 radical (unpaired) electrons. The van der Waals surface area contributed by atoms with Crippen LogP contribution in [0.5, 0.6) is 34.5 Å². The lowest BCUT2D eigenvalue weighted by molar-refractivity contribution is 0.102. The highest BCUT2D eigenvalue weighted by Crippen LogP contribution is 2.40. The SMILES string of the molecule is COc1cc(C(=O)c2cn(S(=O)(=O)c3ccccc3)c(C(=O)c3cc(OC)c(OC)c(OC)c3)n2)cc(OC)c1OC. The van der Waals surface area contributed by atoms with Gasteiger partial charge in [-0.3, -0.25) is 9.59 Å². The van der Waals surface area contributed by atoms with E-state index in [0.717, 1.165) is 6.20 Å². The molecule has 0 amide bonds. The van der Waals surface area contributed by atoms with Crippen LogP contribution in [0.2, 0.25) is 0 Å². The van der Waals surface area contributed by atoms with E-state index in [9.17, 15) is 18.0 Å². The Labute approximate surface area is 242 Å². The maximum atomic E-state index is 13.9. The van der Waals surface area contributed by atoms with E-state index < -0.39 is 27.4 Å². The molecule has 0 saturated heterocycles. The van der Waals surface area contributed by atoms with Gasteiger partial charge in [0.25, 0.3) is 10.0 Å². The van der Waals surface area contributed by atoms with Crippen LogP contribution in [0.4, 0.5) is 0 Å². The average Bonchev–Trinajstić information content (AvgIpc) is 3.49. The van der Waals surface area contributed by atoms with Crippen molar-refractivity contribution in [2.45, 2.75) is 4.90 Å². The number of carbonyl (C=O) groups excluding carboxylic acids is 2. The van der Waals surface area contributed by atoms with Crippen LogP contribution in [0.25, 0.3) is 0 Å². The number of ether oxygens (including phenoxy) is 6. The number of benzene rings is 3. The summed E-state index contributed by atoms with van der Waals surface area (Å²) in [6.07, 6.45) is 0.999. The Morgan fingerprint density at radius 1 is 0.643 bits per heavy atom. The van der Waals surface area contributed by atoms with Gasteiger partial charge in [0.15, 0.2) is 28.8 Å². The monoisotopic (exact) mass is 596 g/mol. The standard InChI is InChI=1S/C29H28N2O10S/c1-36-21-12-17(13-22(37-2)27(21)40-5)25(32)20-16-31(42(34,35)19-10-8-7-9-11-19)29(30-20)26(33)18-14-23(38-3)28(41-6)24(15-18)39-4/h7-16H,1-6H3. The van der Waals surface area contributed by atoms with E-state index in [1.165, 1.54) is 91.2 Å². The Morgan fingerprint density at radius 3 is 1.48 bits per heavy atom. The first-order valence-corrected chi connectivity index (χ1v) is 13.7. The molecule has 4 aromatic rings. The lowest BCUT2D eigenvalue weighted by atomic mass is 10.1. The van der Waals surface area contributed by atoms with E-state index >= 15 is 0 Å². The minimum Gasteiger partial charge on any atom is -0.493 e. The Kier molecular flexibility index (Phi) is 8.71. The van der Waals surface area contributed by atoms with Crippen LogP contribution >= 0.6 is 0 Å². The summed E-state index contributed by atoms with van der Waals surface area (Å²) in [6, 6.07) is 13.0. The van der Waals surface area contributed by atoms with Crippen LogP contribution in [0.3, 0.4) is 0 Å². The molecule has 0 spiro atoms. The predicted molar refractivity (Wildman–Crippen MR) is 150 cm³/mol. The van der Waals surface area contributed by atoms with E-state index in [1.807, 2.05) is 0 Å². The zero-order chi connectivity index (χ0) is 30.6. The molecule has 4 rings (SSSR count). The third-order valence-corrected chi connectivity index (χ3v) is 7.93. The fraction of sp³-hybridized carbons (Fsp3) is 0.207. The summed E-state index contributed by atoms with van der Waals surface area (Å²) in [7, 11) is 3.98. The van der Waals surface area contributed by atoms with Gasteiger partial charge >= 0.3 is 0 Å². The second kappa shape index (κ2) is 12.2. The summed E-state index contributed by atoms with van der Waals surface area (Å²) in [5, 5.41) is 0. The molecule has 0 saturated carbocycles. The molecule has 3 aromatic carbocycles. The van der Waals surface area contributed by atoms with Gasteiger partial charge in [0.2, 0.25) is 23.1 Å². The molecule has 0 aliphatic rings. The smallest absolute Gasteiger partial charge is 0.269 e. The van der Waals surface area contributed by atoms with Crippen molar-refractivity contribution in [1.29, 1.82) is 0 Å². The highest BCUT2D eigenvalue weighted by atomic mass is 32.2. The van der Waals surface area contributed by atoms with E-state index in [-0.39, 0.29) is 56.2 Å². The maximum Gasteiger partial charge on any atom is 0.269 e. The fourth-order valence-corrected chi connectivity index (χ4v) is 5.53. The molecule has 0 fully saturated rings. The molecule has 1 heterocycles. The summed E-state index contributed by atoms with van der Waals surface area (Å²) >= 11 is 0. The quantitative estimate of drug-likeness (QED) is 0.221. The van der Waals surface area contributed by atoms with Crippen molar-refractivity contribution >= 4 is 21.6 Å². The highest BCUT2D eigenvalue weighted by Gasteiger charge is 2.31. The predicted octanol–water partition coefficient (Wildman–Crippen LogP) is 3.63. The Morgan fingerprint density at radius 2 is 1.07 bits per heavy atom. The fourth-order valence-electron chi connectivity index (χ4n) is 4.22. The molecular formula is C29H28N2O10S. The molecule has 220 valence electrons. The zero-order valence-electron chi connectivity index (χ0n) is 23.7. The first-order chi connectivity index (χ1) is 20.1. The summed E-state index contributed by atoms with van der Waals surface area (Å²) in [4.78, 5) is 31.6. The second-order valence-corrected chi connectivity index (χ2v) is 10.4. The van der Waals surface area contributed by atoms with Crippen LogP contribution < -0.4 is 28.4 Å². The van der Waals surface area contributed by atoms with Gasteiger partial charge in [-0.25, -0.2) is 17.4 Å². The summed E-state index contributed by atoms with van der Waals surface area (Å²) in [6.45, 7) is 0. The van der Waals surface area contributed by atoms with Gasteiger partial charge in [0.1, 0.15) is 5.69 Å². The zero-order valence-corrected chi connectivity index (χ0v) is 24.5. The number of aromatic nitrogens is 2. The van der Waals surface area contributed by atoms with Gasteiger partial charge in [0.05, 0.1) is 53.8 Å². The Balaban J connectivity index is 1.93. The Bertz CT molecular complexity index is 1700. The molecule has 0 aliphatic heterocycles. The van der Waals surface area contributed by atoms with Crippen molar-refractivity contribution in [2.75, 3.05) is 42.7 Å². The normalized spacial score (nSPS) is 11.0. The molecule has 0 bridgehead atoms. The lowest BCUT2D eigenvalue weighted by Gasteiger charge is -2.14. The maximum absolute atomic E-state index is 13.9. The summed E-state index contributed by atoms with van der Waals surface area (Å²) in [5.74, 6) is -0.842. The molecule has 1 aromatic heterocycles. The average molecular weight is 597 g/mol. The number of imidazole rings is 1. The molecular weight excluding hydrogens is 568 g/mol. The molecule has 0 N–H and O–H groups in total. The van der Waals surface area contributed by atoms with E-state index in [0.29, 0.717) is 3.97 Å². The van der Waals surface area contributed by atoms with Crippen molar-refractivity contribution < 1.29 is 46.4 Å². The summed E-state index contributed by atoms with van der Waals surface area (Å²) in [5.41, 5.74) is -0.288. The lowest BCUT2D eigenvalue weighted by Crippen LogP contribution is -2.19. The number of hydrogen-bond donors (Lipinski definition) is 0. The van der Waals surface area contributed by atoms with Gasteiger partial charge in [-0.15, -0.1) is 0 Å². The molecule has 13 heteroatoms. The number of ketones is 2. The van der Waals surface area contributed by atoms with E-state index in [1.54, 1.807) is 6.07 Å². The van der Waals surface area contributed by atoms with E-state index in [4.69, 9.17) is 28.4 Å². The molecule has 12 nitrogen and oxygen atoms in total. The largest absolute Gasteiger partial charge is 0.493 e. The van der Waals surface area contributed by atoms with Gasteiger partial charge in [-0.05, 0) is 36.4 Å². The third kappa shape index (κ3) is 5.33. The van der Waals surface area contributed by atoms with Crippen molar-refractivity contribution in [1.82, 2.24) is 8.96 Å². The minimum atomic E-state index is -4.37. The van der Waals surface area contributed by atoms with Gasteiger partial charge in [0, 0.05) is 11.1 Å². The number of methoxy groups -OCH3 is 6. The number of nitrogens with zero attached hydrogens (tertiary/aromatic N) is 2. The molecule has 42 heavy (non-hydrogen) atoms. The first-order valence-electron chi connectivity index (χ1n) is 12.2. The second-order valence-electron chi connectivity index (χ2n) is 8.55. The number of hydrogen-bond acceptors (Lipinski definition) is 11.